The summed E-state index contributed by atoms with van der Waals surface area (Å²) in [4.78, 5) is 31.0. The molecule has 4 heterocycles. The predicted octanol–water partition coefficient (Wildman–Crippen LogP) is 2.29. The van der Waals surface area contributed by atoms with Crippen molar-refractivity contribution in [3.63, 3.8) is 0 Å². The number of hydrogen-bond acceptors (Lipinski definition) is 11. The molecule has 12 nitrogen and oxygen atoms in total. The molecule has 0 radical (unpaired) electrons. The molecular formula is C31H35FN8O4. The molecule has 0 aliphatic carbocycles. The summed E-state index contributed by atoms with van der Waals surface area (Å²) in [6.45, 7) is 7.25. The molecule has 3 saturated heterocycles. The van der Waals surface area contributed by atoms with Gasteiger partial charge in [0, 0.05) is 56.1 Å². The van der Waals surface area contributed by atoms with Crippen LogP contribution in [0.4, 0.5) is 21.7 Å². The summed E-state index contributed by atoms with van der Waals surface area (Å²) in [7, 11) is 0. The average Bonchev–Trinajstić information content (AvgIpc) is 3.01. The molecule has 2 N–H and O–H groups in total. The number of hydrogen-bond donors (Lipinski definition) is 2. The Bertz CT molecular complexity index is 1540. The summed E-state index contributed by atoms with van der Waals surface area (Å²) >= 11 is 0. The van der Waals surface area contributed by atoms with Crippen LogP contribution in [0.2, 0.25) is 0 Å². The van der Waals surface area contributed by atoms with E-state index in [1.807, 2.05) is 6.07 Å². The lowest BCUT2D eigenvalue weighted by Crippen LogP contribution is -2.56. The van der Waals surface area contributed by atoms with Gasteiger partial charge in [0.2, 0.25) is 11.9 Å². The van der Waals surface area contributed by atoms with Crippen LogP contribution in [0.25, 0.3) is 11.4 Å². The van der Waals surface area contributed by atoms with Gasteiger partial charge in [-0.2, -0.15) is 10.2 Å². The molecule has 3 aliphatic rings. The van der Waals surface area contributed by atoms with Gasteiger partial charge in [-0.15, -0.1) is 0 Å². The van der Waals surface area contributed by atoms with Gasteiger partial charge in [0.15, 0.2) is 12.0 Å². The minimum atomic E-state index is -1.45. The summed E-state index contributed by atoms with van der Waals surface area (Å²) < 4.78 is 26.0. The molecule has 3 fully saturated rings. The zero-order valence-corrected chi connectivity index (χ0v) is 24.5. The number of amides is 1. The molecule has 2 aromatic carbocycles. The van der Waals surface area contributed by atoms with E-state index in [9.17, 15) is 14.4 Å². The number of rotatable bonds is 8. The summed E-state index contributed by atoms with van der Waals surface area (Å²) in [5, 5.41) is 22.1. The van der Waals surface area contributed by atoms with Gasteiger partial charge in [-0.3, -0.25) is 9.69 Å². The monoisotopic (exact) mass is 602 g/mol. The smallest absolute Gasteiger partial charge is 0.248 e. The summed E-state index contributed by atoms with van der Waals surface area (Å²) in [6, 6.07) is 13.8. The van der Waals surface area contributed by atoms with E-state index in [0.717, 1.165) is 50.6 Å². The lowest BCUT2D eigenvalue weighted by molar-refractivity contribution is -0.138. The molecule has 1 amide bonds. The molecular weight excluding hydrogens is 567 g/mol. The fourth-order valence-corrected chi connectivity index (χ4v) is 5.84. The third kappa shape index (κ3) is 6.42. The largest absolute Gasteiger partial charge is 0.486 e. The minimum Gasteiger partial charge on any atom is -0.486 e. The van der Waals surface area contributed by atoms with Crippen molar-refractivity contribution >= 4 is 23.2 Å². The van der Waals surface area contributed by atoms with E-state index in [2.05, 4.69) is 55.2 Å². The summed E-state index contributed by atoms with van der Waals surface area (Å²) in [5.74, 6) is 0.456. The Morgan fingerprint density at radius 2 is 1.98 bits per heavy atom. The summed E-state index contributed by atoms with van der Waals surface area (Å²) in [5.41, 5.74) is 4.01. The molecule has 0 saturated carbocycles. The zero-order valence-electron chi connectivity index (χ0n) is 24.5. The first-order valence-electron chi connectivity index (χ1n) is 14.8. The number of aliphatic hydroxyl groups is 1. The van der Waals surface area contributed by atoms with Gasteiger partial charge in [0.25, 0.3) is 0 Å². The number of anilines is 3. The molecule has 1 unspecified atom stereocenters. The Labute approximate surface area is 255 Å². The van der Waals surface area contributed by atoms with Gasteiger partial charge in [-0.05, 0) is 48.9 Å². The maximum atomic E-state index is 14.8. The van der Waals surface area contributed by atoms with E-state index in [0.29, 0.717) is 23.4 Å². The van der Waals surface area contributed by atoms with Crippen LogP contribution in [-0.4, -0.2) is 113 Å². The molecule has 44 heavy (non-hydrogen) atoms. The maximum absolute atomic E-state index is 14.8. The zero-order chi connectivity index (χ0) is 30.6. The number of likely N-dealkylation sites (tertiary alicyclic amines) is 1. The van der Waals surface area contributed by atoms with E-state index in [-0.39, 0.29) is 30.8 Å². The Kier molecular flexibility index (Phi) is 8.83. The van der Waals surface area contributed by atoms with Gasteiger partial charge in [-0.25, -0.2) is 14.4 Å². The van der Waals surface area contributed by atoms with Gasteiger partial charge < -0.3 is 29.7 Å². The van der Waals surface area contributed by atoms with E-state index in [4.69, 9.17) is 14.6 Å². The van der Waals surface area contributed by atoms with Crippen molar-refractivity contribution in [2.24, 2.45) is 0 Å². The van der Waals surface area contributed by atoms with E-state index < -0.39 is 24.8 Å². The lowest BCUT2D eigenvalue weighted by Gasteiger charge is -2.43. The molecule has 3 aliphatic heterocycles. The Hall–Kier alpha value is -4.38. The molecule has 1 aromatic heterocycles. The lowest BCUT2D eigenvalue weighted by atomic mass is 10.0. The van der Waals surface area contributed by atoms with Crippen LogP contribution < -0.4 is 15.0 Å². The topological polar surface area (TPSA) is 140 Å². The Morgan fingerprint density at radius 1 is 1.16 bits per heavy atom. The molecule has 230 valence electrons. The number of ether oxygens (including phenoxy) is 2. The second kappa shape index (κ2) is 13.1. The number of nitriles is 1. The molecule has 0 spiro atoms. The highest BCUT2D eigenvalue weighted by Gasteiger charge is 2.33. The quantitative estimate of drug-likeness (QED) is 0.393. The van der Waals surface area contributed by atoms with Crippen LogP contribution in [0.15, 0.2) is 42.7 Å². The first-order chi connectivity index (χ1) is 21.4. The van der Waals surface area contributed by atoms with Crippen molar-refractivity contribution in [2.45, 2.75) is 31.7 Å². The van der Waals surface area contributed by atoms with Gasteiger partial charge in [0.1, 0.15) is 30.9 Å². The number of alkyl halides is 1. The molecule has 0 bridgehead atoms. The van der Waals surface area contributed by atoms with Crippen molar-refractivity contribution in [1.82, 2.24) is 24.8 Å². The minimum absolute atomic E-state index is 0.166. The second-order valence-corrected chi connectivity index (χ2v) is 11.3. The first-order valence-corrected chi connectivity index (χ1v) is 14.8. The Balaban J connectivity index is 1.10. The molecule has 6 rings (SSSR count). The maximum Gasteiger partial charge on any atom is 0.248 e. The fraction of sp³-hybridized carbons (Fsp3) is 0.452. The van der Waals surface area contributed by atoms with Crippen molar-refractivity contribution < 1.29 is 23.8 Å². The standard InChI is InChI=1S/C31H35FN8O4/c1-20-12-23(3-4-26(20)39-10-8-38(9-11-39)24-17-43-18-24)36-31-35-19-34-30(37-31)21-2-5-27(22(13-21)14-33)44-28-6-7-40(15-25(28)32)29(42)16-41/h2-5,12-13,19,24-25,28,41H,6-11,15-18H2,1H3,(H,34,35,36,37)/t25?,28-/m0/s1. The normalized spacial score (nSPS) is 21.0. The van der Waals surface area contributed by atoms with Crippen molar-refractivity contribution in [3.8, 4) is 23.2 Å². The third-order valence-corrected chi connectivity index (χ3v) is 8.42. The second-order valence-electron chi connectivity index (χ2n) is 11.3. The van der Waals surface area contributed by atoms with Crippen molar-refractivity contribution in [1.29, 1.82) is 5.26 Å². The van der Waals surface area contributed by atoms with Crippen LogP contribution >= 0.6 is 0 Å². The van der Waals surface area contributed by atoms with Crippen LogP contribution in [0.3, 0.4) is 0 Å². The number of carbonyl (C=O) groups excluding carboxylic acids is 1. The third-order valence-electron chi connectivity index (χ3n) is 8.42. The number of carbonyl (C=O) groups is 1. The van der Waals surface area contributed by atoms with Crippen LogP contribution in [0, 0.1) is 18.3 Å². The van der Waals surface area contributed by atoms with E-state index in [1.165, 1.54) is 16.9 Å². The number of piperidine rings is 1. The highest BCUT2D eigenvalue weighted by molar-refractivity contribution is 5.77. The van der Waals surface area contributed by atoms with Crippen LogP contribution in [0.1, 0.15) is 17.5 Å². The number of benzene rings is 2. The number of nitrogens with zero attached hydrogens (tertiary/aromatic N) is 7. The van der Waals surface area contributed by atoms with E-state index >= 15 is 0 Å². The molecule has 2 atom stereocenters. The molecule has 3 aromatic rings. The van der Waals surface area contributed by atoms with Gasteiger partial charge >= 0.3 is 0 Å². The van der Waals surface area contributed by atoms with Gasteiger partial charge in [-0.1, -0.05) is 0 Å². The first kappa shape index (κ1) is 29.7. The number of aliphatic hydroxyl groups excluding tert-OH is 1. The Morgan fingerprint density at radius 3 is 2.66 bits per heavy atom. The predicted molar refractivity (Wildman–Crippen MR) is 160 cm³/mol. The number of halogens is 1. The highest BCUT2D eigenvalue weighted by Crippen LogP contribution is 2.30. The summed E-state index contributed by atoms with van der Waals surface area (Å²) in [6.07, 6.45) is -0.608. The molecule has 13 heteroatoms. The number of nitrogens with one attached hydrogen (secondary N) is 1. The van der Waals surface area contributed by atoms with E-state index in [1.54, 1.807) is 18.2 Å². The number of aryl methyl sites for hydroxylation is 1. The number of piperazine rings is 1. The SMILES string of the molecule is Cc1cc(Nc2ncnc(-c3ccc(O[C@H]4CCN(C(=O)CO)CC4F)c(C#N)c3)n2)ccc1N1CCN(C2COC2)CC1. The van der Waals surface area contributed by atoms with Crippen molar-refractivity contribution in [2.75, 3.05) is 69.3 Å². The van der Waals surface area contributed by atoms with Crippen molar-refractivity contribution in [3.05, 3.63) is 53.9 Å². The average molecular weight is 603 g/mol. The number of aromatic nitrogens is 3. The fourth-order valence-electron chi connectivity index (χ4n) is 5.84. The highest BCUT2D eigenvalue weighted by atomic mass is 19.1. The van der Waals surface area contributed by atoms with Crippen LogP contribution in [-0.2, 0) is 9.53 Å². The van der Waals surface area contributed by atoms with Gasteiger partial charge in [0.05, 0.1) is 31.4 Å². The van der Waals surface area contributed by atoms with Crippen LogP contribution in [0.5, 0.6) is 5.75 Å².